The molecule has 0 radical (unpaired) electrons. The predicted octanol–water partition coefficient (Wildman–Crippen LogP) is 2.30. The average Bonchev–Trinajstić information content (AvgIpc) is 2.89. The van der Waals surface area contributed by atoms with Gasteiger partial charge in [-0.3, -0.25) is 4.79 Å². The lowest BCUT2D eigenvalue weighted by molar-refractivity contribution is -0.130. The van der Waals surface area contributed by atoms with Crippen molar-refractivity contribution < 1.29 is 9.53 Å². The summed E-state index contributed by atoms with van der Waals surface area (Å²) < 4.78 is 6.42. The van der Waals surface area contributed by atoms with E-state index in [1.165, 1.54) is 16.9 Å². The summed E-state index contributed by atoms with van der Waals surface area (Å²) in [6.07, 6.45) is 1.33. The topological polar surface area (TPSA) is 77.2 Å². The number of ether oxygens (including phenoxy) is 1. The first-order valence-electron chi connectivity index (χ1n) is 7.09. The minimum Gasteiger partial charge on any atom is -0.381 e. The van der Waals surface area contributed by atoms with Crippen LogP contribution in [0.4, 0.5) is 5.13 Å². The number of benzene rings is 1. The zero-order chi connectivity index (χ0) is 14.9. The second-order valence-electron chi connectivity index (χ2n) is 5.54. The van der Waals surface area contributed by atoms with Crippen molar-refractivity contribution in [3.63, 3.8) is 0 Å². The molecule has 3 N–H and O–H groups in total. The number of nitrogens with one attached hydrogen (secondary N) is 1. The van der Waals surface area contributed by atoms with Crippen LogP contribution in [0.3, 0.4) is 0 Å². The van der Waals surface area contributed by atoms with Gasteiger partial charge in [0.05, 0.1) is 15.6 Å². The Balaban J connectivity index is 1.81. The Kier molecular flexibility index (Phi) is 3.93. The third-order valence-electron chi connectivity index (χ3n) is 4.09. The van der Waals surface area contributed by atoms with Gasteiger partial charge in [0.2, 0.25) is 5.91 Å². The van der Waals surface area contributed by atoms with E-state index in [1.54, 1.807) is 0 Å². The number of nitrogens with two attached hydrogens (primary N) is 1. The zero-order valence-corrected chi connectivity index (χ0v) is 12.8. The van der Waals surface area contributed by atoms with E-state index in [0.29, 0.717) is 37.7 Å². The number of fused-ring (bicyclic) bond motifs is 1. The fourth-order valence-electron chi connectivity index (χ4n) is 2.60. The Labute approximate surface area is 127 Å². The summed E-state index contributed by atoms with van der Waals surface area (Å²) in [5.74, 6) is -0.0379. The van der Waals surface area contributed by atoms with Crippen LogP contribution in [0.2, 0.25) is 0 Å². The molecule has 1 aliphatic rings. The van der Waals surface area contributed by atoms with Gasteiger partial charge in [0, 0.05) is 19.8 Å². The molecule has 5 nitrogen and oxygen atoms in total. The smallest absolute Gasteiger partial charge is 0.233 e. The molecule has 1 fully saturated rings. The number of anilines is 1. The summed E-state index contributed by atoms with van der Waals surface area (Å²) in [5, 5.41) is 3.58. The van der Waals surface area contributed by atoms with Crippen LogP contribution in [-0.4, -0.2) is 30.6 Å². The Morgan fingerprint density at radius 2 is 2.24 bits per heavy atom. The van der Waals surface area contributed by atoms with Crippen molar-refractivity contribution in [3.8, 4) is 0 Å². The largest absolute Gasteiger partial charge is 0.381 e. The van der Waals surface area contributed by atoms with E-state index < -0.39 is 5.41 Å². The summed E-state index contributed by atoms with van der Waals surface area (Å²) >= 11 is 1.50. The van der Waals surface area contributed by atoms with Crippen LogP contribution in [0.5, 0.6) is 0 Å². The number of rotatable bonds is 3. The lowest BCUT2D eigenvalue weighted by atomic mass is 9.79. The lowest BCUT2D eigenvalue weighted by Crippen LogP contribution is -2.46. The molecule has 21 heavy (non-hydrogen) atoms. The highest BCUT2D eigenvalue weighted by Crippen LogP contribution is 2.33. The molecule has 1 amide bonds. The first kappa shape index (κ1) is 14.4. The number of hydrogen-bond donors (Lipinski definition) is 2. The summed E-state index contributed by atoms with van der Waals surface area (Å²) in [4.78, 5) is 17.1. The molecule has 2 heterocycles. The highest BCUT2D eigenvalue weighted by Gasteiger charge is 2.39. The van der Waals surface area contributed by atoms with Gasteiger partial charge in [0.15, 0.2) is 5.13 Å². The maximum absolute atomic E-state index is 12.6. The molecule has 0 aliphatic carbocycles. The first-order chi connectivity index (χ1) is 10.1. The number of hydrogen-bond acceptors (Lipinski definition) is 5. The molecule has 112 valence electrons. The Morgan fingerprint density at radius 3 is 2.95 bits per heavy atom. The van der Waals surface area contributed by atoms with E-state index in [0.717, 1.165) is 10.2 Å². The molecule has 1 aromatic carbocycles. The molecular weight excluding hydrogens is 286 g/mol. The standard InChI is InChI=1S/C15H19N3O2S/c1-10-2-3-11-12(8-10)21-14(17-11)18-13(19)15(9-16)4-6-20-7-5-15/h2-3,8H,4-7,9,16H2,1H3,(H,17,18,19). The Morgan fingerprint density at radius 1 is 1.48 bits per heavy atom. The zero-order valence-electron chi connectivity index (χ0n) is 12.0. The molecule has 3 rings (SSSR count). The summed E-state index contributed by atoms with van der Waals surface area (Å²) in [7, 11) is 0. The molecule has 0 atom stereocenters. The second-order valence-corrected chi connectivity index (χ2v) is 6.57. The van der Waals surface area contributed by atoms with Crippen LogP contribution in [0.25, 0.3) is 10.2 Å². The van der Waals surface area contributed by atoms with Gasteiger partial charge in [-0.25, -0.2) is 4.98 Å². The Bertz CT molecular complexity index is 662. The van der Waals surface area contributed by atoms with Crippen molar-refractivity contribution in [1.29, 1.82) is 0 Å². The van der Waals surface area contributed by atoms with Gasteiger partial charge >= 0.3 is 0 Å². The average molecular weight is 305 g/mol. The predicted molar refractivity (Wildman–Crippen MR) is 84.5 cm³/mol. The van der Waals surface area contributed by atoms with Crippen molar-refractivity contribution >= 4 is 32.6 Å². The number of carbonyl (C=O) groups excluding carboxylic acids is 1. The fourth-order valence-corrected chi connectivity index (χ4v) is 3.56. The Hall–Kier alpha value is -1.50. The molecule has 6 heteroatoms. The van der Waals surface area contributed by atoms with E-state index in [2.05, 4.69) is 16.4 Å². The number of thiazole rings is 1. The molecule has 2 aromatic rings. The van der Waals surface area contributed by atoms with Gasteiger partial charge in [-0.1, -0.05) is 17.4 Å². The minimum absolute atomic E-state index is 0.0379. The molecule has 0 unspecified atom stereocenters. The van der Waals surface area contributed by atoms with Crippen molar-refractivity contribution in [3.05, 3.63) is 23.8 Å². The molecule has 1 saturated heterocycles. The van der Waals surface area contributed by atoms with Crippen molar-refractivity contribution in [2.75, 3.05) is 25.1 Å². The summed E-state index contributed by atoms with van der Waals surface area (Å²) in [6, 6.07) is 6.08. The van der Waals surface area contributed by atoms with Crippen LogP contribution < -0.4 is 11.1 Å². The lowest BCUT2D eigenvalue weighted by Gasteiger charge is -2.34. The van der Waals surface area contributed by atoms with Gasteiger partial charge in [0.25, 0.3) is 0 Å². The highest BCUT2D eigenvalue weighted by molar-refractivity contribution is 7.22. The molecule has 1 aliphatic heterocycles. The third-order valence-corrected chi connectivity index (χ3v) is 5.02. The van der Waals surface area contributed by atoms with Crippen molar-refractivity contribution in [1.82, 2.24) is 4.98 Å². The summed E-state index contributed by atoms with van der Waals surface area (Å²) in [5.41, 5.74) is 7.43. The van der Waals surface area contributed by atoms with Crippen molar-refractivity contribution in [2.45, 2.75) is 19.8 Å². The van der Waals surface area contributed by atoms with Crippen LogP contribution in [0.1, 0.15) is 18.4 Å². The van der Waals surface area contributed by atoms with Gasteiger partial charge in [-0.05, 0) is 37.5 Å². The second kappa shape index (κ2) is 5.71. The van der Waals surface area contributed by atoms with Crippen LogP contribution >= 0.6 is 11.3 Å². The van der Waals surface area contributed by atoms with Gasteiger partial charge in [-0.2, -0.15) is 0 Å². The maximum Gasteiger partial charge on any atom is 0.233 e. The van der Waals surface area contributed by atoms with Gasteiger partial charge < -0.3 is 15.8 Å². The van der Waals surface area contributed by atoms with Gasteiger partial charge in [-0.15, -0.1) is 0 Å². The van der Waals surface area contributed by atoms with E-state index in [-0.39, 0.29) is 5.91 Å². The van der Waals surface area contributed by atoms with Crippen LogP contribution in [0.15, 0.2) is 18.2 Å². The van der Waals surface area contributed by atoms with E-state index >= 15 is 0 Å². The van der Waals surface area contributed by atoms with E-state index in [9.17, 15) is 4.79 Å². The maximum atomic E-state index is 12.6. The molecule has 0 spiro atoms. The number of aromatic nitrogens is 1. The SMILES string of the molecule is Cc1ccc2nc(NC(=O)C3(CN)CCOCC3)sc2c1. The molecule has 0 bridgehead atoms. The quantitative estimate of drug-likeness (QED) is 0.912. The molecular formula is C15H19N3O2S. The normalized spacial score (nSPS) is 17.8. The van der Waals surface area contributed by atoms with E-state index in [4.69, 9.17) is 10.5 Å². The summed E-state index contributed by atoms with van der Waals surface area (Å²) in [6.45, 7) is 3.56. The number of nitrogens with zero attached hydrogens (tertiary/aromatic N) is 1. The van der Waals surface area contributed by atoms with E-state index in [1.807, 2.05) is 19.1 Å². The number of carbonyl (C=O) groups is 1. The number of amides is 1. The monoisotopic (exact) mass is 305 g/mol. The molecule has 1 aromatic heterocycles. The number of aryl methyl sites for hydroxylation is 1. The molecule has 0 saturated carbocycles. The van der Waals surface area contributed by atoms with Gasteiger partial charge in [0.1, 0.15) is 0 Å². The highest BCUT2D eigenvalue weighted by atomic mass is 32.1. The first-order valence-corrected chi connectivity index (χ1v) is 7.91. The third kappa shape index (κ3) is 2.79. The fraction of sp³-hybridized carbons (Fsp3) is 0.467. The van der Waals surface area contributed by atoms with Crippen LogP contribution in [0, 0.1) is 12.3 Å². The van der Waals surface area contributed by atoms with Crippen LogP contribution in [-0.2, 0) is 9.53 Å². The minimum atomic E-state index is -0.522. The van der Waals surface area contributed by atoms with Crippen molar-refractivity contribution in [2.24, 2.45) is 11.1 Å².